The first-order valence-electron chi connectivity index (χ1n) is 7.65. The molecule has 0 aliphatic rings. The van der Waals surface area contributed by atoms with Crippen molar-refractivity contribution in [2.24, 2.45) is 0 Å². The molecule has 7 heteroatoms. The number of H-pyrrole nitrogens is 1. The lowest BCUT2D eigenvalue weighted by molar-refractivity contribution is -0.121. The zero-order valence-electron chi connectivity index (χ0n) is 13.0. The Morgan fingerprint density at radius 2 is 1.96 bits per heavy atom. The molecule has 0 saturated heterocycles. The van der Waals surface area contributed by atoms with Crippen molar-refractivity contribution in [1.82, 2.24) is 25.8 Å². The van der Waals surface area contributed by atoms with Crippen LogP contribution in [-0.4, -0.2) is 26.8 Å². The number of hydrogen-bond acceptors (Lipinski definition) is 4. The largest absolute Gasteiger partial charge is 0.342 e. The first-order chi connectivity index (χ1) is 11.7. The maximum atomic E-state index is 11.8. The molecule has 2 heterocycles. The van der Waals surface area contributed by atoms with E-state index in [9.17, 15) is 9.59 Å². The van der Waals surface area contributed by atoms with Gasteiger partial charge in [-0.15, -0.1) is 0 Å². The summed E-state index contributed by atoms with van der Waals surface area (Å²) in [5.74, 6) is 0.209. The van der Waals surface area contributed by atoms with E-state index >= 15 is 0 Å². The highest BCUT2D eigenvalue weighted by atomic mass is 16.2. The minimum absolute atomic E-state index is 0.247. The highest BCUT2D eigenvalue weighted by molar-refractivity contribution is 5.95. The number of carbonyl (C=O) groups excluding carboxylic acids is 2. The van der Waals surface area contributed by atoms with Crippen molar-refractivity contribution in [2.45, 2.75) is 19.3 Å². The minimum atomic E-state index is -0.395. The number of pyridine rings is 1. The summed E-state index contributed by atoms with van der Waals surface area (Å²) in [6.45, 7) is 0. The maximum Gasteiger partial charge on any atom is 0.271 e. The lowest BCUT2D eigenvalue weighted by atomic mass is 10.2. The van der Waals surface area contributed by atoms with Crippen LogP contribution in [0.4, 0.5) is 0 Å². The van der Waals surface area contributed by atoms with Gasteiger partial charge in [0.25, 0.3) is 5.91 Å². The molecule has 1 aromatic carbocycles. The zero-order chi connectivity index (χ0) is 16.8. The van der Waals surface area contributed by atoms with Crippen LogP contribution in [0.3, 0.4) is 0 Å². The van der Waals surface area contributed by atoms with E-state index in [4.69, 9.17) is 0 Å². The van der Waals surface area contributed by atoms with Crippen molar-refractivity contribution in [3.05, 3.63) is 60.2 Å². The molecule has 0 unspecified atom stereocenters. The number of nitrogens with zero attached hydrogens (tertiary/aromatic N) is 2. The summed E-state index contributed by atoms with van der Waals surface area (Å²) in [5.41, 5.74) is 7.06. The number of benzene rings is 1. The van der Waals surface area contributed by atoms with E-state index in [1.54, 1.807) is 18.3 Å². The Morgan fingerprint density at radius 3 is 2.75 bits per heavy atom. The molecule has 0 spiro atoms. The van der Waals surface area contributed by atoms with Crippen molar-refractivity contribution in [3.8, 4) is 0 Å². The van der Waals surface area contributed by atoms with E-state index in [1.165, 1.54) is 6.20 Å². The number of amides is 2. The standard InChI is InChI=1S/C17H17N5O2/c23-16(21-22-17(24)12-5-4-10-18-11-12)9-3-8-15-19-13-6-1-2-7-14(13)20-15/h1-2,4-7,10-11H,3,8-9H2,(H,19,20)(H,21,23)(H,22,24). The summed E-state index contributed by atoms with van der Waals surface area (Å²) < 4.78 is 0. The molecule has 7 nitrogen and oxygen atoms in total. The van der Waals surface area contributed by atoms with Crippen molar-refractivity contribution in [1.29, 1.82) is 0 Å². The second kappa shape index (κ2) is 7.36. The molecule has 0 bridgehead atoms. The maximum absolute atomic E-state index is 11.8. The Hall–Kier alpha value is -3.22. The third kappa shape index (κ3) is 3.95. The van der Waals surface area contributed by atoms with Gasteiger partial charge in [-0.05, 0) is 30.7 Å². The number of hydrogen-bond donors (Lipinski definition) is 3. The molecule has 0 aliphatic heterocycles. The average Bonchev–Trinajstić information content (AvgIpc) is 3.03. The second-order valence-electron chi connectivity index (χ2n) is 5.30. The number of carbonyl (C=O) groups is 2. The zero-order valence-corrected chi connectivity index (χ0v) is 13.0. The molecule has 3 aromatic rings. The van der Waals surface area contributed by atoms with Crippen LogP contribution in [0, 0.1) is 0 Å². The Labute approximate surface area is 138 Å². The van der Waals surface area contributed by atoms with Gasteiger partial charge in [0.1, 0.15) is 5.82 Å². The van der Waals surface area contributed by atoms with Crippen molar-refractivity contribution >= 4 is 22.8 Å². The van der Waals surface area contributed by atoms with Crippen molar-refractivity contribution in [3.63, 3.8) is 0 Å². The Bertz CT molecular complexity index is 811. The van der Waals surface area contributed by atoms with Gasteiger partial charge in [-0.25, -0.2) is 4.98 Å². The topological polar surface area (TPSA) is 99.8 Å². The van der Waals surface area contributed by atoms with Gasteiger partial charge in [-0.1, -0.05) is 12.1 Å². The number of aromatic nitrogens is 3. The fraction of sp³-hybridized carbons (Fsp3) is 0.176. The van der Waals surface area contributed by atoms with Gasteiger partial charge in [0, 0.05) is 25.2 Å². The van der Waals surface area contributed by atoms with Crippen LogP contribution in [-0.2, 0) is 11.2 Å². The predicted octanol–water partition coefficient (Wildman–Crippen LogP) is 1.74. The molecular formula is C17H17N5O2. The summed E-state index contributed by atoms with van der Waals surface area (Å²) in [5, 5.41) is 0. The number of fused-ring (bicyclic) bond motifs is 1. The summed E-state index contributed by atoms with van der Waals surface area (Å²) >= 11 is 0. The fourth-order valence-electron chi connectivity index (χ4n) is 2.30. The first kappa shape index (κ1) is 15.7. The molecule has 0 saturated carbocycles. The molecule has 3 rings (SSSR count). The monoisotopic (exact) mass is 323 g/mol. The summed E-state index contributed by atoms with van der Waals surface area (Å²) in [6.07, 6.45) is 4.61. The van der Waals surface area contributed by atoms with Gasteiger partial charge in [0.05, 0.1) is 16.6 Å². The van der Waals surface area contributed by atoms with Crippen LogP contribution >= 0.6 is 0 Å². The number of hydrazine groups is 1. The Kier molecular flexibility index (Phi) is 4.81. The molecule has 0 radical (unpaired) electrons. The Morgan fingerprint density at radius 1 is 1.08 bits per heavy atom. The number of imidazole rings is 1. The summed E-state index contributed by atoms with van der Waals surface area (Å²) in [4.78, 5) is 35.1. The van der Waals surface area contributed by atoms with Crippen LogP contribution in [0.15, 0.2) is 48.8 Å². The van der Waals surface area contributed by atoms with Gasteiger partial charge in [0.15, 0.2) is 0 Å². The molecule has 24 heavy (non-hydrogen) atoms. The van der Waals surface area contributed by atoms with Gasteiger partial charge in [0.2, 0.25) is 5.91 Å². The molecule has 2 amide bonds. The van der Waals surface area contributed by atoms with E-state index in [2.05, 4.69) is 25.8 Å². The molecule has 0 fully saturated rings. The summed E-state index contributed by atoms with van der Waals surface area (Å²) in [6, 6.07) is 11.1. The predicted molar refractivity (Wildman–Crippen MR) is 88.9 cm³/mol. The molecule has 3 N–H and O–H groups in total. The highest BCUT2D eigenvalue weighted by Gasteiger charge is 2.08. The van der Waals surface area contributed by atoms with Gasteiger partial charge < -0.3 is 4.98 Å². The smallest absolute Gasteiger partial charge is 0.271 e. The summed E-state index contributed by atoms with van der Waals surface area (Å²) in [7, 11) is 0. The normalized spacial score (nSPS) is 10.5. The van der Waals surface area contributed by atoms with Crippen molar-refractivity contribution < 1.29 is 9.59 Å². The molecule has 0 atom stereocenters. The number of nitrogens with one attached hydrogen (secondary N) is 3. The third-order valence-electron chi connectivity index (χ3n) is 3.50. The molecule has 0 aliphatic carbocycles. The lowest BCUT2D eigenvalue weighted by Gasteiger charge is -2.06. The lowest BCUT2D eigenvalue weighted by Crippen LogP contribution is -2.41. The molecule has 122 valence electrons. The average molecular weight is 323 g/mol. The fourth-order valence-corrected chi connectivity index (χ4v) is 2.30. The van der Waals surface area contributed by atoms with Gasteiger partial charge >= 0.3 is 0 Å². The number of aryl methyl sites for hydroxylation is 1. The minimum Gasteiger partial charge on any atom is -0.342 e. The first-order valence-corrected chi connectivity index (χ1v) is 7.65. The second-order valence-corrected chi connectivity index (χ2v) is 5.30. The number of rotatable bonds is 5. The van der Waals surface area contributed by atoms with Crippen LogP contribution in [0.2, 0.25) is 0 Å². The molecule has 2 aromatic heterocycles. The third-order valence-corrected chi connectivity index (χ3v) is 3.50. The van der Waals surface area contributed by atoms with E-state index in [0.29, 0.717) is 24.8 Å². The van der Waals surface area contributed by atoms with Crippen LogP contribution in [0.25, 0.3) is 11.0 Å². The number of para-hydroxylation sites is 2. The van der Waals surface area contributed by atoms with E-state index in [1.807, 2.05) is 24.3 Å². The van der Waals surface area contributed by atoms with Crippen molar-refractivity contribution in [2.75, 3.05) is 0 Å². The van der Waals surface area contributed by atoms with Crippen LogP contribution < -0.4 is 10.9 Å². The van der Waals surface area contributed by atoms with Gasteiger partial charge in [-0.2, -0.15) is 0 Å². The SMILES string of the molecule is O=C(CCCc1nc2ccccc2[nH]1)NNC(=O)c1cccnc1. The van der Waals surface area contributed by atoms with Crippen LogP contribution in [0.1, 0.15) is 29.0 Å². The number of aromatic amines is 1. The van der Waals surface area contributed by atoms with Crippen LogP contribution in [0.5, 0.6) is 0 Å². The highest BCUT2D eigenvalue weighted by Crippen LogP contribution is 2.11. The van der Waals surface area contributed by atoms with E-state index in [0.717, 1.165) is 16.9 Å². The Balaban J connectivity index is 1.42. The molecular weight excluding hydrogens is 306 g/mol. The van der Waals surface area contributed by atoms with E-state index in [-0.39, 0.29) is 5.91 Å². The quantitative estimate of drug-likeness (QED) is 0.623. The van der Waals surface area contributed by atoms with E-state index < -0.39 is 5.91 Å². The van der Waals surface area contributed by atoms with Gasteiger partial charge in [-0.3, -0.25) is 25.4 Å².